The van der Waals surface area contributed by atoms with Crippen LogP contribution in [0.15, 0.2) is 18.2 Å². The zero-order valence-corrected chi connectivity index (χ0v) is 11.1. The molecule has 2 rings (SSSR count). The van der Waals surface area contributed by atoms with Crippen LogP contribution in [0.3, 0.4) is 0 Å². The van der Waals surface area contributed by atoms with Crippen LogP contribution in [0.5, 0.6) is 0 Å². The molecule has 2 atom stereocenters. The van der Waals surface area contributed by atoms with E-state index in [9.17, 15) is 9.18 Å². The number of hydrogen-bond acceptors (Lipinski definition) is 1. The number of amides is 1. The predicted molar refractivity (Wildman–Crippen MR) is 70.5 cm³/mol. The summed E-state index contributed by atoms with van der Waals surface area (Å²) in [4.78, 5) is 12.0. The molecule has 0 spiro atoms. The Morgan fingerprint density at radius 3 is 2.83 bits per heavy atom. The Bertz CT molecular complexity index is 449. The maximum absolute atomic E-state index is 13.6. The molecule has 0 radical (unpaired) electrons. The number of carbonyl (C=O) groups is 1. The van der Waals surface area contributed by atoms with Crippen molar-refractivity contribution in [2.75, 3.05) is 0 Å². The lowest BCUT2D eigenvalue weighted by molar-refractivity contribution is 0.0924. The van der Waals surface area contributed by atoms with E-state index >= 15 is 0 Å². The van der Waals surface area contributed by atoms with Crippen LogP contribution in [-0.4, -0.2) is 17.3 Å². The quantitative estimate of drug-likeness (QED) is 0.819. The lowest BCUT2D eigenvalue weighted by atomic mass is 9.94. The van der Waals surface area contributed by atoms with E-state index in [4.69, 9.17) is 11.6 Å². The molecule has 2 unspecified atom stereocenters. The van der Waals surface area contributed by atoms with Gasteiger partial charge in [-0.1, -0.05) is 24.5 Å². The number of benzene rings is 1. The molecule has 1 aromatic rings. The van der Waals surface area contributed by atoms with Gasteiger partial charge in [-0.25, -0.2) is 4.39 Å². The van der Waals surface area contributed by atoms with Gasteiger partial charge in [0.15, 0.2) is 0 Å². The highest BCUT2D eigenvalue weighted by Crippen LogP contribution is 2.23. The second-order valence-electron chi connectivity index (χ2n) is 4.86. The summed E-state index contributed by atoms with van der Waals surface area (Å²) in [6.45, 7) is 1.83. The summed E-state index contributed by atoms with van der Waals surface area (Å²) in [6, 6.07) is 4.49. The molecule has 0 bridgehead atoms. The highest BCUT2D eigenvalue weighted by molar-refractivity contribution is 6.21. The summed E-state index contributed by atoms with van der Waals surface area (Å²) >= 11 is 6.18. The lowest BCUT2D eigenvalue weighted by Gasteiger charge is -2.27. The van der Waals surface area contributed by atoms with Gasteiger partial charge in [-0.05, 0) is 31.9 Å². The third kappa shape index (κ3) is 3.02. The van der Waals surface area contributed by atoms with E-state index in [2.05, 4.69) is 5.32 Å². The Morgan fingerprint density at radius 2 is 2.11 bits per heavy atom. The van der Waals surface area contributed by atoms with Crippen LogP contribution in [0.25, 0.3) is 0 Å². The molecule has 0 aliphatic heterocycles. The SMILES string of the molecule is Cc1ccc(F)c(C(=O)NC2CCCCC2Cl)c1. The van der Waals surface area contributed by atoms with Crippen LogP contribution in [-0.2, 0) is 0 Å². The Labute approximate surface area is 112 Å². The van der Waals surface area contributed by atoms with Crippen molar-refractivity contribution in [1.29, 1.82) is 0 Å². The van der Waals surface area contributed by atoms with Crippen molar-refractivity contribution in [3.63, 3.8) is 0 Å². The fourth-order valence-corrected chi connectivity index (χ4v) is 2.65. The molecular formula is C14H17ClFNO. The molecule has 18 heavy (non-hydrogen) atoms. The van der Waals surface area contributed by atoms with Gasteiger partial charge in [-0.3, -0.25) is 4.79 Å². The van der Waals surface area contributed by atoms with Gasteiger partial charge in [-0.2, -0.15) is 0 Å². The molecule has 1 aromatic carbocycles. The van der Waals surface area contributed by atoms with Crippen molar-refractivity contribution in [3.8, 4) is 0 Å². The van der Waals surface area contributed by atoms with Gasteiger partial charge in [0.25, 0.3) is 5.91 Å². The van der Waals surface area contributed by atoms with Crippen LogP contribution in [0.4, 0.5) is 4.39 Å². The predicted octanol–water partition coefficient (Wildman–Crippen LogP) is 3.41. The number of rotatable bonds is 2. The third-order valence-corrected chi connectivity index (χ3v) is 3.89. The number of alkyl halides is 1. The molecule has 2 nitrogen and oxygen atoms in total. The molecule has 1 amide bonds. The van der Waals surface area contributed by atoms with Crippen molar-refractivity contribution < 1.29 is 9.18 Å². The first-order valence-corrected chi connectivity index (χ1v) is 6.72. The van der Waals surface area contributed by atoms with Crippen LogP contribution in [0.2, 0.25) is 0 Å². The van der Waals surface area contributed by atoms with Crippen LogP contribution < -0.4 is 5.32 Å². The third-order valence-electron chi connectivity index (χ3n) is 3.36. The van der Waals surface area contributed by atoms with Gasteiger partial charge in [0, 0.05) is 6.04 Å². The number of carbonyl (C=O) groups excluding carboxylic acids is 1. The number of halogens is 2. The van der Waals surface area contributed by atoms with E-state index in [0.29, 0.717) is 0 Å². The highest BCUT2D eigenvalue weighted by atomic mass is 35.5. The monoisotopic (exact) mass is 269 g/mol. The first-order chi connectivity index (χ1) is 8.58. The molecule has 1 N–H and O–H groups in total. The highest BCUT2D eigenvalue weighted by Gasteiger charge is 2.25. The van der Waals surface area contributed by atoms with Crippen molar-refractivity contribution in [2.24, 2.45) is 0 Å². The van der Waals surface area contributed by atoms with E-state index in [1.165, 1.54) is 6.07 Å². The van der Waals surface area contributed by atoms with Crippen molar-refractivity contribution in [3.05, 3.63) is 35.1 Å². The molecule has 1 fully saturated rings. The first-order valence-electron chi connectivity index (χ1n) is 6.29. The average Bonchev–Trinajstić information content (AvgIpc) is 2.35. The summed E-state index contributed by atoms with van der Waals surface area (Å²) in [5.74, 6) is -0.853. The number of nitrogens with one attached hydrogen (secondary N) is 1. The largest absolute Gasteiger partial charge is 0.348 e. The minimum absolute atomic E-state index is 0.0458. The van der Waals surface area contributed by atoms with Crippen molar-refractivity contribution >= 4 is 17.5 Å². The number of aryl methyl sites for hydroxylation is 1. The van der Waals surface area contributed by atoms with Gasteiger partial charge in [0.05, 0.1) is 10.9 Å². The zero-order valence-electron chi connectivity index (χ0n) is 10.4. The second-order valence-corrected chi connectivity index (χ2v) is 5.42. The van der Waals surface area contributed by atoms with E-state index in [1.807, 2.05) is 6.92 Å². The maximum Gasteiger partial charge on any atom is 0.254 e. The Kier molecular flexibility index (Phi) is 4.23. The molecule has 1 aliphatic rings. The second kappa shape index (κ2) is 5.70. The van der Waals surface area contributed by atoms with Crippen molar-refractivity contribution in [1.82, 2.24) is 5.32 Å². The smallest absolute Gasteiger partial charge is 0.254 e. The minimum Gasteiger partial charge on any atom is -0.348 e. The molecule has 0 saturated heterocycles. The maximum atomic E-state index is 13.6. The summed E-state index contributed by atoms with van der Waals surface area (Å²) < 4.78 is 13.6. The van der Waals surface area contributed by atoms with E-state index in [0.717, 1.165) is 31.2 Å². The standard InChI is InChI=1S/C14H17ClFNO/c1-9-6-7-12(16)10(8-9)14(18)17-13-5-3-2-4-11(13)15/h6-8,11,13H,2-5H2,1H3,(H,17,18). The van der Waals surface area contributed by atoms with E-state index in [1.54, 1.807) is 12.1 Å². The molecule has 4 heteroatoms. The van der Waals surface area contributed by atoms with Crippen LogP contribution in [0.1, 0.15) is 41.6 Å². The Morgan fingerprint density at radius 1 is 1.39 bits per heavy atom. The van der Waals surface area contributed by atoms with Crippen LogP contribution >= 0.6 is 11.6 Å². The summed E-state index contributed by atoms with van der Waals surface area (Å²) in [6.07, 6.45) is 3.93. The van der Waals surface area contributed by atoms with Gasteiger partial charge in [-0.15, -0.1) is 11.6 Å². The molecular weight excluding hydrogens is 253 g/mol. The van der Waals surface area contributed by atoms with E-state index in [-0.39, 0.29) is 22.9 Å². The summed E-state index contributed by atoms with van der Waals surface area (Å²) in [5.41, 5.74) is 0.969. The molecule has 0 aromatic heterocycles. The van der Waals surface area contributed by atoms with E-state index < -0.39 is 5.82 Å². The fraction of sp³-hybridized carbons (Fsp3) is 0.500. The van der Waals surface area contributed by atoms with Gasteiger partial charge in [0.2, 0.25) is 0 Å². The average molecular weight is 270 g/mol. The molecule has 1 saturated carbocycles. The minimum atomic E-state index is -0.486. The van der Waals surface area contributed by atoms with Gasteiger partial charge in [0.1, 0.15) is 5.82 Å². The lowest BCUT2D eigenvalue weighted by Crippen LogP contribution is -2.43. The molecule has 1 aliphatic carbocycles. The number of hydrogen-bond donors (Lipinski definition) is 1. The Balaban J connectivity index is 2.09. The molecule has 98 valence electrons. The van der Waals surface area contributed by atoms with Gasteiger partial charge >= 0.3 is 0 Å². The van der Waals surface area contributed by atoms with Gasteiger partial charge < -0.3 is 5.32 Å². The normalized spacial score (nSPS) is 23.7. The molecule has 0 heterocycles. The fourth-order valence-electron chi connectivity index (χ4n) is 2.31. The Hall–Kier alpha value is -1.09. The van der Waals surface area contributed by atoms with Crippen molar-refractivity contribution in [2.45, 2.75) is 44.0 Å². The zero-order chi connectivity index (χ0) is 13.1. The summed E-state index contributed by atoms with van der Waals surface area (Å²) in [5, 5.41) is 2.80. The first kappa shape index (κ1) is 13.3. The summed E-state index contributed by atoms with van der Waals surface area (Å²) in [7, 11) is 0. The van der Waals surface area contributed by atoms with Crippen LogP contribution in [0, 0.1) is 12.7 Å². The topological polar surface area (TPSA) is 29.1 Å².